The van der Waals surface area contributed by atoms with Crippen LogP contribution in [0.25, 0.3) is 0 Å². The van der Waals surface area contributed by atoms with Crippen LogP contribution >= 0.6 is 0 Å². The molecule has 1 aromatic rings. The topological polar surface area (TPSA) is 26.0 Å². The van der Waals surface area contributed by atoms with Gasteiger partial charge < -0.3 is 5.73 Å². The Bertz CT molecular complexity index is 386. The van der Waals surface area contributed by atoms with Gasteiger partial charge in [-0.1, -0.05) is 12.8 Å². The SMILES string of the molecule is N[C@@H](c1cc(F)c(F)cc1F)C1CCCC1. The fourth-order valence-corrected chi connectivity index (χ4v) is 2.36. The van der Waals surface area contributed by atoms with E-state index in [0.29, 0.717) is 6.07 Å². The maximum Gasteiger partial charge on any atom is 0.161 e. The summed E-state index contributed by atoms with van der Waals surface area (Å²) in [5, 5.41) is 0. The normalized spacial score (nSPS) is 19.0. The predicted molar refractivity (Wildman–Crippen MR) is 55.2 cm³/mol. The van der Waals surface area contributed by atoms with E-state index in [2.05, 4.69) is 0 Å². The zero-order valence-electron chi connectivity index (χ0n) is 8.85. The van der Waals surface area contributed by atoms with Gasteiger partial charge in [0.25, 0.3) is 0 Å². The second-order valence-corrected chi connectivity index (χ2v) is 4.36. The summed E-state index contributed by atoms with van der Waals surface area (Å²) in [7, 11) is 0. The van der Waals surface area contributed by atoms with Crippen LogP contribution in [0, 0.1) is 23.4 Å². The van der Waals surface area contributed by atoms with Crippen molar-refractivity contribution < 1.29 is 13.2 Å². The standard InChI is InChI=1S/C12H14F3N/c13-9-6-11(15)10(14)5-8(9)12(16)7-3-1-2-4-7/h5-7,12H,1-4,16H2/t12-/m1/s1. The lowest BCUT2D eigenvalue weighted by Crippen LogP contribution is -2.20. The Morgan fingerprint density at radius 3 is 2.19 bits per heavy atom. The molecule has 2 N–H and O–H groups in total. The highest BCUT2D eigenvalue weighted by Crippen LogP contribution is 2.35. The molecule has 16 heavy (non-hydrogen) atoms. The van der Waals surface area contributed by atoms with Crippen molar-refractivity contribution in [2.45, 2.75) is 31.7 Å². The van der Waals surface area contributed by atoms with Crippen LogP contribution in [-0.2, 0) is 0 Å². The Labute approximate surface area is 92.5 Å². The molecule has 1 nitrogen and oxygen atoms in total. The van der Waals surface area contributed by atoms with Gasteiger partial charge >= 0.3 is 0 Å². The number of hydrogen-bond donors (Lipinski definition) is 1. The summed E-state index contributed by atoms with van der Waals surface area (Å²) in [5.41, 5.74) is 5.98. The third kappa shape index (κ3) is 2.07. The molecule has 0 saturated heterocycles. The second-order valence-electron chi connectivity index (χ2n) is 4.36. The van der Waals surface area contributed by atoms with Crippen molar-refractivity contribution in [2.75, 3.05) is 0 Å². The van der Waals surface area contributed by atoms with E-state index < -0.39 is 23.5 Å². The summed E-state index contributed by atoms with van der Waals surface area (Å²) >= 11 is 0. The molecule has 0 radical (unpaired) electrons. The molecule has 0 amide bonds. The van der Waals surface area contributed by atoms with Crippen LogP contribution in [0.5, 0.6) is 0 Å². The average molecular weight is 229 g/mol. The number of hydrogen-bond acceptors (Lipinski definition) is 1. The summed E-state index contributed by atoms with van der Waals surface area (Å²) in [6.07, 6.45) is 4.01. The van der Waals surface area contributed by atoms with Crippen LogP contribution in [0.4, 0.5) is 13.2 Å². The monoisotopic (exact) mass is 229 g/mol. The zero-order chi connectivity index (χ0) is 11.7. The Balaban J connectivity index is 2.28. The number of benzene rings is 1. The Kier molecular flexibility index (Phi) is 3.19. The minimum atomic E-state index is -1.17. The molecule has 0 aliphatic heterocycles. The van der Waals surface area contributed by atoms with Crippen molar-refractivity contribution in [3.05, 3.63) is 35.1 Å². The molecule has 1 atom stereocenters. The summed E-state index contributed by atoms with van der Waals surface area (Å²) in [5.74, 6) is -2.78. The Morgan fingerprint density at radius 2 is 1.56 bits per heavy atom. The van der Waals surface area contributed by atoms with E-state index in [1.165, 1.54) is 0 Å². The zero-order valence-corrected chi connectivity index (χ0v) is 8.85. The Hall–Kier alpha value is -1.03. The minimum absolute atomic E-state index is 0.0887. The molecule has 1 aromatic carbocycles. The van der Waals surface area contributed by atoms with Crippen LogP contribution in [-0.4, -0.2) is 0 Å². The molecular weight excluding hydrogens is 215 g/mol. The minimum Gasteiger partial charge on any atom is -0.324 e. The summed E-state index contributed by atoms with van der Waals surface area (Å²) in [4.78, 5) is 0. The van der Waals surface area contributed by atoms with Gasteiger partial charge in [-0.2, -0.15) is 0 Å². The van der Waals surface area contributed by atoms with E-state index in [4.69, 9.17) is 5.73 Å². The van der Waals surface area contributed by atoms with Crippen LogP contribution in [0.15, 0.2) is 12.1 Å². The largest absolute Gasteiger partial charge is 0.324 e. The van der Waals surface area contributed by atoms with Crippen LogP contribution < -0.4 is 5.73 Å². The molecule has 1 aliphatic rings. The molecule has 0 spiro atoms. The molecule has 0 unspecified atom stereocenters. The summed E-state index contributed by atoms with van der Waals surface area (Å²) in [6, 6.07) is 0.922. The first kappa shape index (κ1) is 11.5. The third-order valence-corrected chi connectivity index (χ3v) is 3.31. The molecule has 1 saturated carbocycles. The van der Waals surface area contributed by atoms with Crippen molar-refractivity contribution in [3.8, 4) is 0 Å². The summed E-state index contributed by atoms with van der Waals surface area (Å²) in [6.45, 7) is 0. The van der Waals surface area contributed by atoms with E-state index in [9.17, 15) is 13.2 Å². The molecule has 1 aliphatic carbocycles. The highest BCUT2D eigenvalue weighted by atomic mass is 19.2. The van der Waals surface area contributed by atoms with Crippen molar-refractivity contribution in [3.63, 3.8) is 0 Å². The second kappa shape index (κ2) is 4.45. The van der Waals surface area contributed by atoms with Crippen LogP contribution in [0.3, 0.4) is 0 Å². The average Bonchev–Trinajstić information content (AvgIpc) is 2.75. The van der Waals surface area contributed by atoms with Crippen LogP contribution in [0.1, 0.15) is 37.3 Å². The van der Waals surface area contributed by atoms with Gasteiger partial charge in [0.05, 0.1) is 0 Å². The number of nitrogens with two attached hydrogens (primary N) is 1. The fourth-order valence-electron chi connectivity index (χ4n) is 2.36. The smallest absolute Gasteiger partial charge is 0.161 e. The van der Waals surface area contributed by atoms with Gasteiger partial charge in [-0.25, -0.2) is 13.2 Å². The molecule has 0 bridgehead atoms. The molecule has 88 valence electrons. The first-order valence-electron chi connectivity index (χ1n) is 5.49. The highest BCUT2D eigenvalue weighted by molar-refractivity contribution is 5.24. The van der Waals surface area contributed by atoms with Gasteiger partial charge in [0.2, 0.25) is 0 Å². The van der Waals surface area contributed by atoms with E-state index >= 15 is 0 Å². The molecule has 4 heteroatoms. The first-order chi connectivity index (χ1) is 7.59. The van der Waals surface area contributed by atoms with Crippen molar-refractivity contribution >= 4 is 0 Å². The highest BCUT2D eigenvalue weighted by Gasteiger charge is 2.26. The summed E-state index contributed by atoms with van der Waals surface area (Å²) < 4.78 is 39.2. The maximum absolute atomic E-state index is 13.4. The van der Waals surface area contributed by atoms with Gasteiger partial charge in [-0.3, -0.25) is 0 Å². The van der Waals surface area contributed by atoms with E-state index in [1.54, 1.807) is 0 Å². The lowest BCUT2D eigenvalue weighted by molar-refractivity contribution is 0.419. The van der Waals surface area contributed by atoms with Crippen molar-refractivity contribution in [1.82, 2.24) is 0 Å². The van der Waals surface area contributed by atoms with E-state index in [-0.39, 0.29) is 11.5 Å². The van der Waals surface area contributed by atoms with E-state index in [1.807, 2.05) is 0 Å². The number of rotatable bonds is 2. The molecule has 0 aromatic heterocycles. The van der Waals surface area contributed by atoms with Gasteiger partial charge in [-0.05, 0) is 24.8 Å². The van der Waals surface area contributed by atoms with E-state index in [0.717, 1.165) is 31.7 Å². The molecule has 1 fully saturated rings. The Morgan fingerprint density at radius 1 is 1.00 bits per heavy atom. The number of halogens is 3. The van der Waals surface area contributed by atoms with Crippen molar-refractivity contribution in [1.29, 1.82) is 0 Å². The van der Waals surface area contributed by atoms with Gasteiger partial charge in [0.15, 0.2) is 11.6 Å². The van der Waals surface area contributed by atoms with Crippen molar-refractivity contribution in [2.24, 2.45) is 11.7 Å². The fraction of sp³-hybridized carbons (Fsp3) is 0.500. The molecular formula is C12H14F3N. The first-order valence-corrected chi connectivity index (χ1v) is 5.49. The van der Waals surface area contributed by atoms with Gasteiger partial charge in [0.1, 0.15) is 5.82 Å². The lowest BCUT2D eigenvalue weighted by Gasteiger charge is -2.19. The quantitative estimate of drug-likeness (QED) is 0.774. The van der Waals surface area contributed by atoms with Crippen LogP contribution in [0.2, 0.25) is 0 Å². The third-order valence-electron chi connectivity index (χ3n) is 3.31. The molecule has 0 heterocycles. The maximum atomic E-state index is 13.4. The molecule has 2 rings (SSSR count). The van der Waals surface area contributed by atoms with Gasteiger partial charge in [-0.15, -0.1) is 0 Å². The lowest BCUT2D eigenvalue weighted by atomic mass is 9.92. The van der Waals surface area contributed by atoms with Gasteiger partial charge in [0, 0.05) is 17.7 Å². The predicted octanol–water partition coefficient (Wildman–Crippen LogP) is 3.29.